The van der Waals surface area contributed by atoms with Crippen LogP contribution in [-0.2, 0) is 20.8 Å². The van der Waals surface area contributed by atoms with E-state index in [1.54, 1.807) is 30.5 Å². The number of nitrogens with zero attached hydrogens (tertiary/aromatic N) is 2. The third-order valence-corrected chi connectivity index (χ3v) is 6.85. The molecule has 12 heteroatoms. The van der Waals surface area contributed by atoms with Gasteiger partial charge in [0.15, 0.2) is 0 Å². The van der Waals surface area contributed by atoms with Crippen LogP contribution in [0, 0.1) is 0 Å². The number of likely N-dealkylation sites (N-methyl/N-ethyl adjacent to an activating group) is 1. The summed E-state index contributed by atoms with van der Waals surface area (Å²) < 4.78 is 5.76. The summed E-state index contributed by atoms with van der Waals surface area (Å²) >= 11 is 0. The van der Waals surface area contributed by atoms with Crippen LogP contribution in [0.25, 0.3) is 0 Å². The third kappa shape index (κ3) is 7.09. The number of carbonyl (C=O) groups excluding carboxylic acids is 4. The molecule has 1 saturated heterocycles. The van der Waals surface area contributed by atoms with Gasteiger partial charge in [0.1, 0.15) is 24.4 Å². The summed E-state index contributed by atoms with van der Waals surface area (Å²) in [6, 6.07) is 4.80. The molecular formula is C26H35N7O5. The van der Waals surface area contributed by atoms with E-state index in [2.05, 4.69) is 43.1 Å². The predicted octanol–water partition coefficient (Wildman–Crippen LogP) is -0.265. The standard InChI is InChI=1S/C26H35N7O5/c1-2-33-10-5-6-18(33)15-29-26(37)21-13-23(34)31-20(12-17-14-27-16-30-17)25(36)28-9-11-38-22-8-4-3-7-19(22)24(35)32-21/h3-4,7-8,14,16,18,20-21H,2,5-6,9-13,15H2,1H3,(H,27,30)(H,28,36)(H,29,37)(H,31,34)(H,32,35)/t18-,20-,21-/m0/s1. The molecule has 2 aliphatic rings. The Bertz CT molecular complexity index is 1120. The molecule has 1 aromatic heterocycles. The molecule has 2 aliphatic heterocycles. The first-order valence-corrected chi connectivity index (χ1v) is 13.0. The van der Waals surface area contributed by atoms with Gasteiger partial charge in [0, 0.05) is 30.9 Å². The largest absolute Gasteiger partial charge is 0.491 e. The Hall–Kier alpha value is -3.93. The zero-order valence-corrected chi connectivity index (χ0v) is 21.5. The lowest BCUT2D eigenvalue weighted by molar-refractivity contribution is -0.131. The fraction of sp³-hybridized carbons (Fsp3) is 0.500. The van der Waals surface area contributed by atoms with Crippen molar-refractivity contribution in [3.05, 3.63) is 48.0 Å². The average molecular weight is 526 g/mol. The lowest BCUT2D eigenvalue weighted by atomic mass is 10.1. The van der Waals surface area contributed by atoms with Crippen molar-refractivity contribution in [2.45, 2.75) is 50.7 Å². The van der Waals surface area contributed by atoms with E-state index < -0.39 is 35.7 Å². The zero-order chi connectivity index (χ0) is 26.9. The number of fused-ring (bicyclic) bond motifs is 1. The molecule has 0 aliphatic carbocycles. The number of nitrogens with one attached hydrogen (secondary N) is 5. The Labute approximate surface area is 221 Å². The number of imidazole rings is 1. The van der Waals surface area contributed by atoms with E-state index in [4.69, 9.17) is 4.74 Å². The minimum absolute atomic E-state index is 0.111. The molecule has 1 fully saturated rings. The maximum atomic E-state index is 13.2. The summed E-state index contributed by atoms with van der Waals surface area (Å²) in [5.74, 6) is -1.61. The van der Waals surface area contributed by atoms with Crippen LogP contribution in [0.5, 0.6) is 5.75 Å². The molecule has 0 spiro atoms. The highest BCUT2D eigenvalue weighted by atomic mass is 16.5. The number of rotatable bonds is 6. The highest BCUT2D eigenvalue weighted by Gasteiger charge is 2.30. The van der Waals surface area contributed by atoms with Gasteiger partial charge < -0.3 is 31.0 Å². The highest BCUT2D eigenvalue weighted by Crippen LogP contribution is 2.19. The Morgan fingerprint density at radius 2 is 2.05 bits per heavy atom. The van der Waals surface area contributed by atoms with Gasteiger partial charge >= 0.3 is 0 Å². The van der Waals surface area contributed by atoms with E-state index >= 15 is 0 Å². The van der Waals surface area contributed by atoms with Crippen LogP contribution < -0.4 is 26.0 Å². The van der Waals surface area contributed by atoms with Crippen LogP contribution in [0.15, 0.2) is 36.8 Å². The average Bonchev–Trinajstić information content (AvgIpc) is 3.60. The number of H-pyrrole nitrogens is 1. The molecule has 5 N–H and O–H groups in total. The van der Waals surface area contributed by atoms with Crippen LogP contribution in [0.1, 0.15) is 42.2 Å². The van der Waals surface area contributed by atoms with Crippen LogP contribution >= 0.6 is 0 Å². The summed E-state index contributed by atoms with van der Waals surface area (Å²) in [6.45, 7) is 4.66. The maximum absolute atomic E-state index is 13.2. The van der Waals surface area contributed by atoms with Gasteiger partial charge in [-0.05, 0) is 38.1 Å². The maximum Gasteiger partial charge on any atom is 0.255 e. The lowest BCUT2D eigenvalue weighted by Gasteiger charge is -2.25. The Kier molecular flexibility index (Phi) is 9.30. The van der Waals surface area contributed by atoms with Gasteiger partial charge in [0.05, 0.1) is 24.9 Å². The molecule has 12 nitrogen and oxygen atoms in total. The van der Waals surface area contributed by atoms with Crippen LogP contribution in [0.2, 0.25) is 0 Å². The molecule has 4 rings (SSSR count). The first-order valence-electron chi connectivity index (χ1n) is 13.0. The lowest BCUT2D eigenvalue weighted by Crippen LogP contribution is -2.54. The number of hydrogen-bond donors (Lipinski definition) is 5. The molecule has 204 valence electrons. The molecule has 3 heterocycles. The summed E-state index contributed by atoms with van der Waals surface area (Å²) in [5.41, 5.74) is 0.899. The number of likely N-dealkylation sites (tertiary alicyclic amines) is 1. The number of aromatic nitrogens is 2. The Morgan fingerprint density at radius 3 is 2.84 bits per heavy atom. The first kappa shape index (κ1) is 27.1. The first-order chi connectivity index (χ1) is 18.4. The summed E-state index contributed by atoms with van der Waals surface area (Å²) in [6.07, 6.45) is 4.94. The number of aromatic amines is 1. The molecule has 0 bridgehead atoms. The van der Waals surface area contributed by atoms with Gasteiger partial charge in [-0.3, -0.25) is 24.1 Å². The number of benzene rings is 1. The number of carbonyl (C=O) groups is 4. The predicted molar refractivity (Wildman–Crippen MR) is 138 cm³/mol. The molecule has 38 heavy (non-hydrogen) atoms. The summed E-state index contributed by atoms with van der Waals surface area (Å²) in [4.78, 5) is 61.6. The van der Waals surface area contributed by atoms with Crippen LogP contribution in [0.3, 0.4) is 0 Å². The molecule has 0 unspecified atom stereocenters. The van der Waals surface area contributed by atoms with Crippen molar-refractivity contribution in [2.24, 2.45) is 0 Å². The molecule has 0 saturated carbocycles. The second kappa shape index (κ2) is 13.0. The quantitative estimate of drug-likeness (QED) is 0.348. The molecule has 2 aromatic rings. The molecular weight excluding hydrogens is 490 g/mol. The highest BCUT2D eigenvalue weighted by molar-refractivity contribution is 6.01. The van der Waals surface area contributed by atoms with Crippen molar-refractivity contribution >= 4 is 23.6 Å². The second-order valence-corrected chi connectivity index (χ2v) is 9.44. The minimum Gasteiger partial charge on any atom is -0.491 e. The van der Waals surface area contributed by atoms with Gasteiger partial charge in [0.2, 0.25) is 17.7 Å². The van der Waals surface area contributed by atoms with Crippen molar-refractivity contribution < 1.29 is 23.9 Å². The third-order valence-electron chi connectivity index (χ3n) is 6.85. The molecule has 3 atom stereocenters. The van der Waals surface area contributed by atoms with E-state index in [1.807, 2.05) is 0 Å². The van der Waals surface area contributed by atoms with E-state index in [0.717, 1.165) is 25.9 Å². The van der Waals surface area contributed by atoms with E-state index in [1.165, 1.54) is 6.33 Å². The Morgan fingerprint density at radius 1 is 1.21 bits per heavy atom. The number of hydrogen-bond acceptors (Lipinski definition) is 7. The second-order valence-electron chi connectivity index (χ2n) is 9.44. The van der Waals surface area contributed by atoms with Gasteiger partial charge in [-0.25, -0.2) is 4.98 Å². The van der Waals surface area contributed by atoms with Crippen molar-refractivity contribution in [1.82, 2.24) is 36.1 Å². The van der Waals surface area contributed by atoms with Gasteiger partial charge in [0.25, 0.3) is 5.91 Å². The van der Waals surface area contributed by atoms with Crippen molar-refractivity contribution in [1.29, 1.82) is 0 Å². The monoisotopic (exact) mass is 525 g/mol. The summed E-state index contributed by atoms with van der Waals surface area (Å²) in [5, 5.41) is 11.1. The van der Waals surface area contributed by atoms with E-state index in [0.29, 0.717) is 18.0 Å². The van der Waals surface area contributed by atoms with Crippen LogP contribution in [0.4, 0.5) is 0 Å². The van der Waals surface area contributed by atoms with Crippen molar-refractivity contribution in [3.63, 3.8) is 0 Å². The topological polar surface area (TPSA) is 158 Å². The smallest absolute Gasteiger partial charge is 0.255 e. The van der Waals surface area contributed by atoms with Crippen molar-refractivity contribution in [2.75, 3.05) is 32.8 Å². The Balaban J connectivity index is 1.53. The normalized spacial score (nSPS) is 23.3. The van der Waals surface area contributed by atoms with Gasteiger partial charge in [-0.15, -0.1) is 0 Å². The number of amides is 4. The molecule has 0 radical (unpaired) electrons. The van der Waals surface area contributed by atoms with E-state index in [-0.39, 0.29) is 37.6 Å². The molecule has 1 aromatic carbocycles. The number of para-hydroxylation sites is 1. The molecule has 4 amide bonds. The SMILES string of the molecule is CCN1CCC[C@H]1CNC(=O)[C@@H]1CC(=O)N[C@@H](Cc2cnc[nH]2)C(=O)NCCOc2ccccc2C(=O)N1. The zero-order valence-electron chi connectivity index (χ0n) is 21.5. The van der Waals surface area contributed by atoms with E-state index in [9.17, 15) is 19.2 Å². The number of ether oxygens (including phenoxy) is 1. The van der Waals surface area contributed by atoms with Gasteiger partial charge in [-0.2, -0.15) is 0 Å². The fourth-order valence-electron chi connectivity index (χ4n) is 4.83. The minimum atomic E-state index is -1.15. The summed E-state index contributed by atoms with van der Waals surface area (Å²) in [7, 11) is 0. The van der Waals surface area contributed by atoms with Crippen LogP contribution in [-0.4, -0.2) is 89.4 Å². The fourth-order valence-corrected chi connectivity index (χ4v) is 4.83. The van der Waals surface area contributed by atoms with Crippen molar-refractivity contribution in [3.8, 4) is 5.75 Å². The van der Waals surface area contributed by atoms with Gasteiger partial charge in [-0.1, -0.05) is 19.1 Å².